The molecule has 15 aromatic rings. The molecule has 3 heterocycles. The van der Waals surface area contributed by atoms with E-state index in [2.05, 4.69) is 218 Å². The van der Waals surface area contributed by atoms with E-state index in [9.17, 15) is 0 Å². The standard InChI is InChI=1S/C64H36OS2/c1-3-17-46-44(15-1)61(45-16-2-4-18-47(45)62(46)38-27-31-59-53(34-38)42-13-9-11-23-57(42)66-59)37-26-30-55-52(33-37)41-29-25-40(36-56(41)65-55)64-50-21-7-5-19-48(50)63(49-20-6-8-22-51(49)64)39-28-32-60-54(35-39)43-14-10-12-24-58(43)67-60/h1-36H. The lowest BCUT2D eigenvalue weighted by Crippen LogP contribution is -1.91. The van der Waals surface area contributed by atoms with Gasteiger partial charge in [-0.15, -0.1) is 22.7 Å². The zero-order valence-electron chi connectivity index (χ0n) is 36.0. The van der Waals surface area contributed by atoms with Crippen molar-refractivity contribution < 1.29 is 4.42 Å². The summed E-state index contributed by atoms with van der Waals surface area (Å²) < 4.78 is 12.1. The van der Waals surface area contributed by atoms with Crippen LogP contribution in [0.5, 0.6) is 0 Å². The van der Waals surface area contributed by atoms with Gasteiger partial charge in [0.05, 0.1) is 0 Å². The maximum atomic E-state index is 6.80. The summed E-state index contributed by atoms with van der Waals surface area (Å²) in [5.41, 5.74) is 11.6. The molecule has 1 nitrogen and oxygen atoms in total. The van der Waals surface area contributed by atoms with Crippen molar-refractivity contribution in [2.45, 2.75) is 0 Å². The van der Waals surface area contributed by atoms with Crippen molar-refractivity contribution in [3.05, 3.63) is 218 Å². The molecule has 0 saturated carbocycles. The van der Waals surface area contributed by atoms with Crippen molar-refractivity contribution in [1.82, 2.24) is 0 Å². The van der Waals surface area contributed by atoms with Crippen molar-refractivity contribution in [2.24, 2.45) is 0 Å². The van der Waals surface area contributed by atoms with E-state index in [1.165, 1.54) is 122 Å². The molecule has 3 heteroatoms. The van der Waals surface area contributed by atoms with Crippen LogP contribution >= 0.6 is 22.7 Å². The molecule has 12 aromatic carbocycles. The molecule has 0 spiro atoms. The van der Waals surface area contributed by atoms with E-state index in [0.29, 0.717) is 0 Å². The highest BCUT2D eigenvalue weighted by Crippen LogP contribution is 2.49. The minimum atomic E-state index is 0.887. The smallest absolute Gasteiger partial charge is 0.136 e. The van der Waals surface area contributed by atoms with Crippen molar-refractivity contribution in [3.8, 4) is 44.5 Å². The van der Waals surface area contributed by atoms with E-state index in [0.717, 1.165) is 27.5 Å². The predicted octanol–water partition coefficient (Wildman–Crippen LogP) is 19.6. The minimum absolute atomic E-state index is 0.887. The van der Waals surface area contributed by atoms with Crippen LogP contribution in [0, 0.1) is 0 Å². The lowest BCUT2D eigenvalue weighted by molar-refractivity contribution is 0.669. The van der Waals surface area contributed by atoms with Gasteiger partial charge in [-0.3, -0.25) is 0 Å². The minimum Gasteiger partial charge on any atom is -0.456 e. The molecule has 310 valence electrons. The summed E-state index contributed by atoms with van der Waals surface area (Å²) in [4.78, 5) is 0. The van der Waals surface area contributed by atoms with E-state index < -0.39 is 0 Å². The second-order valence-electron chi connectivity index (χ2n) is 17.8. The SMILES string of the molecule is c1ccc2c(c1)sc1ccc(-c3c4ccccc4c(-c4ccc5c(c4)oc4ccc(-c6c7ccccc7c(-c7ccc8sc9ccccc9c8c7)c7ccccc67)cc45)c4ccccc34)cc12. The van der Waals surface area contributed by atoms with Crippen LogP contribution in [0.3, 0.4) is 0 Å². The van der Waals surface area contributed by atoms with E-state index in [-0.39, 0.29) is 0 Å². The molecule has 0 atom stereocenters. The number of rotatable bonds is 4. The molecule has 0 amide bonds. The zero-order chi connectivity index (χ0) is 43.7. The van der Waals surface area contributed by atoms with Crippen LogP contribution < -0.4 is 0 Å². The normalized spacial score (nSPS) is 12.2. The number of hydrogen-bond acceptors (Lipinski definition) is 3. The predicted molar refractivity (Wildman–Crippen MR) is 291 cm³/mol. The second kappa shape index (κ2) is 14.2. The molecule has 0 aliphatic carbocycles. The van der Waals surface area contributed by atoms with Gasteiger partial charge in [0, 0.05) is 51.1 Å². The fourth-order valence-corrected chi connectivity index (χ4v) is 13.5. The molecule has 67 heavy (non-hydrogen) atoms. The third-order valence-electron chi connectivity index (χ3n) is 14.2. The highest BCUT2D eigenvalue weighted by molar-refractivity contribution is 7.26. The monoisotopic (exact) mass is 884 g/mol. The fourth-order valence-electron chi connectivity index (χ4n) is 11.4. The molecular weight excluding hydrogens is 849 g/mol. The average molecular weight is 885 g/mol. The molecule has 0 saturated heterocycles. The largest absolute Gasteiger partial charge is 0.456 e. The molecule has 0 N–H and O–H groups in total. The van der Waals surface area contributed by atoms with Gasteiger partial charge in [0.15, 0.2) is 0 Å². The first-order valence-electron chi connectivity index (χ1n) is 22.9. The molecule has 15 rings (SSSR count). The summed E-state index contributed by atoms with van der Waals surface area (Å²) in [5, 5.41) is 17.4. The van der Waals surface area contributed by atoms with Crippen LogP contribution in [0.2, 0.25) is 0 Å². The molecular formula is C64H36OS2. The van der Waals surface area contributed by atoms with Crippen LogP contribution in [-0.4, -0.2) is 0 Å². The highest BCUT2D eigenvalue weighted by Gasteiger charge is 2.21. The number of furan rings is 1. The fraction of sp³-hybridized carbons (Fsp3) is 0. The van der Waals surface area contributed by atoms with E-state index >= 15 is 0 Å². The summed E-state index contributed by atoms with van der Waals surface area (Å²) in [7, 11) is 0. The Labute approximate surface area is 393 Å². The third kappa shape index (κ3) is 5.47. The highest BCUT2D eigenvalue weighted by atomic mass is 32.1. The van der Waals surface area contributed by atoms with E-state index in [1.54, 1.807) is 0 Å². The first kappa shape index (κ1) is 37.2. The topological polar surface area (TPSA) is 13.1 Å². The van der Waals surface area contributed by atoms with Crippen LogP contribution in [0.4, 0.5) is 0 Å². The van der Waals surface area contributed by atoms with Crippen molar-refractivity contribution in [1.29, 1.82) is 0 Å². The molecule has 0 radical (unpaired) electrons. The van der Waals surface area contributed by atoms with Gasteiger partial charge in [-0.05, 0) is 148 Å². The summed E-state index contributed by atoms with van der Waals surface area (Å²) in [6, 6.07) is 81.0. The van der Waals surface area contributed by atoms with Gasteiger partial charge in [-0.25, -0.2) is 0 Å². The molecule has 0 fully saturated rings. The maximum absolute atomic E-state index is 6.80. The Balaban J connectivity index is 0.898. The Morgan fingerprint density at radius 2 is 0.522 bits per heavy atom. The quantitative estimate of drug-likeness (QED) is 0.161. The number of benzene rings is 12. The maximum Gasteiger partial charge on any atom is 0.136 e. The van der Waals surface area contributed by atoms with Crippen molar-refractivity contribution in [3.63, 3.8) is 0 Å². The zero-order valence-corrected chi connectivity index (χ0v) is 37.6. The molecule has 0 aliphatic heterocycles. The van der Waals surface area contributed by atoms with Gasteiger partial charge < -0.3 is 4.42 Å². The van der Waals surface area contributed by atoms with Crippen LogP contribution in [-0.2, 0) is 0 Å². The molecule has 0 unspecified atom stereocenters. The van der Waals surface area contributed by atoms with Crippen LogP contribution in [0.15, 0.2) is 223 Å². The second-order valence-corrected chi connectivity index (χ2v) is 20.0. The number of thiophene rings is 2. The van der Waals surface area contributed by atoms with Gasteiger partial charge >= 0.3 is 0 Å². The average Bonchev–Trinajstić information content (AvgIpc) is 4.07. The van der Waals surface area contributed by atoms with Crippen LogP contribution in [0.25, 0.3) is 150 Å². The molecule has 3 aromatic heterocycles. The van der Waals surface area contributed by atoms with Gasteiger partial charge in [-0.2, -0.15) is 0 Å². The number of fused-ring (bicyclic) bond motifs is 13. The van der Waals surface area contributed by atoms with Gasteiger partial charge in [-0.1, -0.05) is 158 Å². The van der Waals surface area contributed by atoms with Crippen molar-refractivity contribution >= 4 is 128 Å². The lowest BCUT2D eigenvalue weighted by atomic mass is 9.85. The van der Waals surface area contributed by atoms with Crippen LogP contribution in [0.1, 0.15) is 0 Å². The Morgan fingerprint density at radius 3 is 0.940 bits per heavy atom. The summed E-state index contributed by atoms with van der Waals surface area (Å²) in [5.74, 6) is 0. The Bertz CT molecular complexity index is 4470. The summed E-state index contributed by atoms with van der Waals surface area (Å²) in [6.45, 7) is 0. The van der Waals surface area contributed by atoms with E-state index in [1.807, 2.05) is 22.7 Å². The van der Waals surface area contributed by atoms with Gasteiger partial charge in [0.2, 0.25) is 0 Å². The first-order chi connectivity index (χ1) is 33.2. The van der Waals surface area contributed by atoms with Gasteiger partial charge in [0.25, 0.3) is 0 Å². The third-order valence-corrected chi connectivity index (χ3v) is 16.5. The lowest BCUT2D eigenvalue weighted by Gasteiger charge is -2.18. The van der Waals surface area contributed by atoms with Crippen molar-refractivity contribution in [2.75, 3.05) is 0 Å². The van der Waals surface area contributed by atoms with E-state index in [4.69, 9.17) is 4.42 Å². The summed E-state index contributed by atoms with van der Waals surface area (Å²) >= 11 is 3.73. The Kier molecular flexibility index (Phi) is 7.88. The summed E-state index contributed by atoms with van der Waals surface area (Å²) in [6.07, 6.45) is 0. The Hall–Kier alpha value is -8.08. The molecule has 0 aliphatic rings. The number of hydrogen-bond donors (Lipinski definition) is 0. The molecule has 0 bridgehead atoms. The van der Waals surface area contributed by atoms with Gasteiger partial charge in [0.1, 0.15) is 11.2 Å². The first-order valence-corrected chi connectivity index (χ1v) is 24.5. The Morgan fingerprint density at radius 1 is 0.209 bits per heavy atom.